The highest BCUT2D eigenvalue weighted by molar-refractivity contribution is 5.79. The molecule has 4 aliphatic heterocycles. The Morgan fingerprint density at radius 2 is 2.09 bits per heavy atom. The third-order valence-electron chi connectivity index (χ3n) is 7.96. The lowest BCUT2D eigenvalue weighted by Crippen LogP contribution is -2.58. The molecule has 2 aromatic rings. The number of rotatable bonds is 6. The predicted octanol–water partition coefficient (Wildman–Crippen LogP) is 1.80. The van der Waals surface area contributed by atoms with Crippen LogP contribution >= 0.6 is 0 Å². The maximum absolute atomic E-state index is 13.0. The molecule has 9 nitrogen and oxygen atoms in total. The lowest BCUT2D eigenvalue weighted by atomic mass is 9.75. The Balaban J connectivity index is 1.05. The van der Waals surface area contributed by atoms with Gasteiger partial charge in [0, 0.05) is 19.1 Å². The fourth-order valence-corrected chi connectivity index (χ4v) is 6.03. The van der Waals surface area contributed by atoms with E-state index in [1.165, 1.54) is 0 Å². The highest BCUT2D eigenvalue weighted by Crippen LogP contribution is 2.39. The molecule has 1 aromatic carbocycles. The Morgan fingerprint density at radius 1 is 1.24 bits per heavy atom. The van der Waals surface area contributed by atoms with Crippen LogP contribution in [-0.4, -0.2) is 56.8 Å². The van der Waals surface area contributed by atoms with E-state index in [2.05, 4.69) is 20.5 Å². The molecule has 2 bridgehead atoms. The maximum Gasteiger partial charge on any atom is 0.231 e. The van der Waals surface area contributed by atoms with Gasteiger partial charge in [0.15, 0.2) is 11.5 Å². The van der Waals surface area contributed by atoms with Crippen LogP contribution in [0.25, 0.3) is 0 Å². The number of hydrogen-bond donors (Lipinski definition) is 2. The topological polar surface area (TPSA) is 102 Å². The maximum atomic E-state index is 13.0. The summed E-state index contributed by atoms with van der Waals surface area (Å²) in [6.45, 7) is 3.31. The molecule has 1 saturated carbocycles. The number of nitrogens with one attached hydrogen (secondary N) is 1. The number of piperidine rings is 3. The first-order valence-electron chi connectivity index (χ1n) is 12.1. The summed E-state index contributed by atoms with van der Waals surface area (Å²) in [6, 6.07) is 6.15. The fourth-order valence-electron chi connectivity index (χ4n) is 6.03. The van der Waals surface area contributed by atoms with Gasteiger partial charge in [-0.25, -0.2) is 0 Å². The first-order valence-corrected chi connectivity index (χ1v) is 12.1. The van der Waals surface area contributed by atoms with Gasteiger partial charge in [0.2, 0.25) is 12.7 Å². The molecule has 0 spiro atoms. The summed E-state index contributed by atoms with van der Waals surface area (Å²) in [5, 5.41) is 22.5. The van der Waals surface area contributed by atoms with Gasteiger partial charge in [0.1, 0.15) is 11.3 Å². The molecule has 5 aliphatic rings. The van der Waals surface area contributed by atoms with Crippen molar-refractivity contribution < 1.29 is 19.4 Å². The largest absolute Gasteiger partial charge is 0.454 e. The van der Waals surface area contributed by atoms with Gasteiger partial charge >= 0.3 is 0 Å². The number of aromatic nitrogens is 3. The van der Waals surface area contributed by atoms with Crippen molar-refractivity contribution >= 4 is 5.91 Å². The second-order valence-corrected chi connectivity index (χ2v) is 10.0. The van der Waals surface area contributed by atoms with Gasteiger partial charge in [-0.2, -0.15) is 0 Å². The summed E-state index contributed by atoms with van der Waals surface area (Å²) in [5.74, 6) is 2.04. The lowest BCUT2D eigenvalue weighted by molar-refractivity contribution is -0.133. The minimum atomic E-state index is -0.800. The van der Waals surface area contributed by atoms with Crippen LogP contribution in [0, 0.1) is 11.8 Å². The number of nitrogens with zero attached hydrogens (tertiary/aromatic N) is 4. The number of carbonyl (C=O) groups excluding carboxylic acids is 1. The molecule has 5 heterocycles. The van der Waals surface area contributed by atoms with Gasteiger partial charge in [-0.3, -0.25) is 14.4 Å². The normalized spacial score (nSPS) is 29.4. The van der Waals surface area contributed by atoms with Crippen LogP contribution in [0.15, 0.2) is 24.4 Å². The molecule has 4 fully saturated rings. The van der Waals surface area contributed by atoms with Crippen molar-refractivity contribution in [2.45, 2.75) is 63.3 Å². The number of carbonyl (C=O) groups is 1. The minimum Gasteiger partial charge on any atom is -0.454 e. The van der Waals surface area contributed by atoms with Crippen LogP contribution in [0.1, 0.15) is 49.8 Å². The van der Waals surface area contributed by atoms with Crippen molar-refractivity contribution in [2.24, 2.45) is 11.8 Å². The van der Waals surface area contributed by atoms with Gasteiger partial charge < -0.3 is 19.9 Å². The summed E-state index contributed by atoms with van der Waals surface area (Å²) in [7, 11) is 0. The molecule has 4 atom stereocenters. The van der Waals surface area contributed by atoms with E-state index in [4.69, 9.17) is 9.47 Å². The van der Waals surface area contributed by atoms with Crippen LogP contribution < -0.4 is 14.8 Å². The molecule has 7 rings (SSSR count). The number of aliphatic hydroxyl groups is 1. The van der Waals surface area contributed by atoms with E-state index < -0.39 is 5.60 Å². The van der Waals surface area contributed by atoms with Crippen LogP contribution in [0.4, 0.5) is 0 Å². The molecular weight excluding hydrogens is 422 g/mol. The highest BCUT2D eigenvalue weighted by Gasteiger charge is 2.43. The van der Waals surface area contributed by atoms with Crippen LogP contribution in [-0.2, 0) is 23.5 Å². The molecule has 176 valence electrons. The molecule has 1 aliphatic carbocycles. The fraction of sp³-hybridized carbons (Fsp3) is 0.625. The van der Waals surface area contributed by atoms with Gasteiger partial charge in [-0.05, 0) is 55.8 Å². The Bertz CT molecular complexity index is 1030. The van der Waals surface area contributed by atoms with Gasteiger partial charge in [-0.15, -0.1) is 5.10 Å². The highest BCUT2D eigenvalue weighted by atomic mass is 16.7. The van der Waals surface area contributed by atoms with Crippen LogP contribution in [0.2, 0.25) is 0 Å². The Hall–Kier alpha value is -2.65. The van der Waals surface area contributed by atoms with E-state index in [1.807, 2.05) is 29.1 Å². The average molecular weight is 454 g/mol. The molecule has 1 aromatic heterocycles. The lowest BCUT2D eigenvalue weighted by Gasteiger charge is -2.49. The standard InChI is InChI=1S/C24H31N5O4/c30-23(25-11-16-3-4-20-21(9-16)33-15-32-20)19-13-28-8-5-17(19)10-18(28)12-29-14-22(26-27-29)24(31)6-1-2-7-24/h3-4,9,14,17-19,31H,1-2,5-8,10-13,15H2,(H,25,30)/t17-,18-,19-/m1/s1. The monoisotopic (exact) mass is 453 g/mol. The molecule has 2 N–H and O–H groups in total. The van der Waals surface area contributed by atoms with Gasteiger partial charge in [0.05, 0.1) is 18.7 Å². The van der Waals surface area contributed by atoms with Crippen molar-refractivity contribution in [1.82, 2.24) is 25.2 Å². The van der Waals surface area contributed by atoms with Crippen molar-refractivity contribution in [3.8, 4) is 11.5 Å². The quantitative estimate of drug-likeness (QED) is 0.688. The van der Waals surface area contributed by atoms with E-state index >= 15 is 0 Å². The van der Waals surface area contributed by atoms with E-state index in [9.17, 15) is 9.90 Å². The van der Waals surface area contributed by atoms with Gasteiger partial charge in [-0.1, -0.05) is 24.1 Å². The molecule has 1 unspecified atom stereocenters. The Kier molecular flexibility index (Phi) is 5.25. The van der Waals surface area contributed by atoms with Gasteiger partial charge in [0.25, 0.3) is 0 Å². The third-order valence-corrected chi connectivity index (χ3v) is 7.96. The zero-order chi connectivity index (χ0) is 22.4. The molecule has 9 heteroatoms. The molecule has 3 saturated heterocycles. The second-order valence-electron chi connectivity index (χ2n) is 10.0. The number of amides is 1. The van der Waals surface area contributed by atoms with E-state index in [0.29, 0.717) is 24.2 Å². The second kappa shape index (κ2) is 8.29. The molecule has 1 amide bonds. The Morgan fingerprint density at radius 3 is 2.91 bits per heavy atom. The van der Waals surface area contributed by atoms with Crippen LogP contribution in [0.5, 0.6) is 11.5 Å². The number of benzene rings is 1. The Labute approximate surface area is 193 Å². The summed E-state index contributed by atoms with van der Waals surface area (Å²) in [4.78, 5) is 15.4. The van der Waals surface area contributed by atoms with Crippen molar-refractivity contribution in [2.75, 3.05) is 19.9 Å². The first-order chi connectivity index (χ1) is 16.1. The van der Waals surface area contributed by atoms with E-state index in [-0.39, 0.29) is 18.6 Å². The van der Waals surface area contributed by atoms with Crippen LogP contribution in [0.3, 0.4) is 0 Å². The smallest absolute Gasteiger partial charge is 0.231 e. The van der Waals surface area contributed by atoms with E-state index in [1.54, 1.807) is 0 Å². The number of hydrogen-bond acceptors (Lipinski definition) is 7. The molecule has 33 heavy (non-hydrogen) atoms. The number of ether oxygens (including phenoxy) is 2. The molecular formula is C24H31N5O4. The zero-order valence-electron chi connectivity index (χ0n) is 18.8. The predicted molar refractivity (Wildman–Crippen MR) is 118 cm³/mol. The van der Waals surface area contributed by atoms with Crippen molar-refractivity contribution in [3.63, 3.8) is 0 Å². The average Bonchev–Trinajstić information content (AvgIpc) is 3.59. The summed E-state index contributed by atoms with van der Waals surface area (Å²) in [5.41, 5.74) is 0.917. The SMILES string of the molecule is O=C(NCc1ccc2c(c1)OCO2)[C@@H]1CN2CC[C@@H]1C[C@@H]2Cn1cc(C2(O)CCCC2)nn1. The zero-order valence-corrected chi connectivity index (χ0v) is 18.8. The summed E-state index contributed by atoms with van der Waals surface area (Å²) >= 11 is 0. The first kappa shape index (κ1) is 20.9. The van der Waals surface area contributed by atoms with Crippen molar-refractivity contribution in [3.05, 3.63) is 35.7 Å². The van der Waals surface area contributed by atoms with E-state index in [0.717, 1.165) is 75.2 Å². The van der Waals surface area contributed by atoms with Crippen molar-refractivity contribution in [1.29, 1.82) is 0 Å². The third kappa shape index (κ3) is 3.97. The molecule has 0 radical (unpaired) electrons. The summed E-state index contributed by atoms with van der Waals surface area (Å²) < 4.78 is 12.7. The number of fused-ring (bicyclic) bond motifs is 4. The minimum absolute atomic E-state index is 0.0227. The summed E-state index contributed by atoms with van der Waals surface area (Å²) in [6.07, 6.45) is 7.59.